The van der Waals surface area contributed by atoms with Crippen molar-refractivity contribution in [3.63, 3.8) is 0 Å². The molecule has 0 aliphatic carbocycles. The minimum absolute atomic E-state index is 0.141. The number of esters is 2. The van der Waals surface area contributed by atoms with E-state index in [2.05, 4.69) is 9.47 Å². The second kappa shape index (κ2) is 4.79. The molecule has 80 valence electrons. The van der Waals surface area contributed by atoms with Gasteiger partial charge < -0.3 is 9.47 Å². The number of ether oxygens (including phenoxy) is 2. The molecule has 0 spiro atoms. The molecule has 0 N–H and O–H groups in total. The van der Waals surface area contributed by atoms with E-state index in [1.807, 2.05) is 0 Å². The Balaban J connectivity index is 3.16. The van der Waals surface area contributed by atoms with Crippen molar-refractivity contribution >= 4 is 23.5 Å². The molecule has 0 bridgehead atoms. The summed E-state index contributed by atoms with van der Waals surface area (Å²) in [5.74, 6) is -1.12. The average molecular weight is 229 g/mol. The number of carbonyl (C=O) groups excluding carboxylic acids is 2. The summed E-state index contributed by atoms with van der Waals surface area (Å²) in [6.07, 6.45) is 0. The Bertz CT molecular complexity index is 400. The van der Waals surface area contributed by atoms with E-state index in [-0.39, 0.29) is 16.1 Å². The summed E-state index contributed by atoms with van der Waals surface area (Å²) in [4.78, 5) is 22.4. The fourth-order valence-electron chi connectivity index (χ4n) is 1.04. The monoisotopic (exact) mass is 228 g/mol. The standard InChI is InChI=1S/C10H9ClO4/c1-14-9(12)6-3-4-8(11)7(5-6)10(13)15-2/h3-5H,1-2H3. The quantitative estimate of drug-likeness (QED) is 0.726. The minimum atomic E-state index is -0.592. The second-order valence-electron chi connectivity index (χ2n) is 2.68. The Morgan fingerprint density at radius 1 is 1.13 bits per heavy atom. The highest BCUT2D eigenvalue weighted by Gasteiger charge is 2.14. The van der Waals surface area contributed by atoms with E-state index in [4.69, 9.17) is 11.6 Å². The number of halogens is 1. The molecule has 0 fully saturated rings. The molecule has 0 aromatic heterocycles. The van der Waals surface area contributed by atoms with Crippen LogP contribution in [0.5, 0.6) is 0 Å². The van der Waals surface area contributed by atoms with Gasteiger partial charge in [0.15, 0.2) is 0 Å². The average Bonchev–Trinajstić information content (AvgIpc) is 2.27. The van der Waals surface area contributed by atoms with E-state index < -0.39 is 11.9 Å². The fourth-order valence-corrected chi connectivity index (χ4v) is 1.23. The molecule has 0 aliphatic rings. The third-order valence-corrected chi connectivity index (χ3v) is 2.12. The van der Waals surface area contributed by atoms with Crippen LogP contribution < -0.4 is 0 Å². The molecule has 5 heteroatoms. The smallest absolute Gasteiger partial charge is 0.339 e. The molecule has 0 unspecified atom stereocenters. The van der Waals surface area contributed by atoms with Crippen molar-refractivity contribution in [3.8, 4) is 0 Å². The first-order valence-corrected chi connectivity index (χ1v) is 4.44. The number of methoxy groups -OCH3 is 2. The third kappa shape index (κ3) is 2.47. The molecule has 0 heterocycles. The normalized spacial score (nSPS) is 9.53. The summed E-state index contributed by atoms with van der Waals surface area (Å²) in [5.41, 5.74) is 0.393. The molecule has 0 radical (unpaired) electrons. The minimum Gasteiger partial charge on any atom is -0.465 e. The van der Waals surface area contributed by atoms with Crippen molar-refractivity contribution in [1.82, 2.24) is 0 Å². The Hall–Kier alpha value is -1.55. The van der Waals surface area contributed by atoms with E-state index in [1.54, 1.807) is 0 Å². The van der Waals surface area contributed by atoms with Gasteiger partial charge in [-0.05, 0) is 18.2 Å². The Kier molecular flexibility index (Phi) is 3.68. The maximum absolute atomic E-state index is 11.2. The zero-order chi connectivity index (χ0) is 11.4. The molecule has 0 saturated heterocycles. The molecule has 1 rings (SSSR count). The Labute approximate surface area is 91.7 Å². The van der Waals surface area contributed by atoms with Crippen LogP contribution in [0.25, 0.3) is 0 Å². The van der Waals surface area contributed by atoms with Gasteiger partial charge in [0.1, 0.15) is 0 Å². The van der Waals surface area contributed by atoms with Crippen molar-refractivity contribution in [3.05, 3.63) is 34.3 Å². The van der Waals surface area contributed by atoms with Gasteiger partial charge in [0, 0.05) is 0 Å². The third-order valence-electron chi connectivity index (χ3n) is 1.79. The summed E-state index contributed by atoms with van der Waals surface area (Å²) in [5, 5.41) is 0.231. The van der Waals surface area contributed by atoms with Crippen LogP contribution in [0.4, 0.5) is 0 Å². The largest absolute Gasteiger partial charge is 0.465 e. The van der Waals surface area contributed by atoms with Crippen LogP contribution in [0.1, 0.15) is 20.7 Å². The second-order valence-corrected chi connectivity index (χ2v) is 3.08. The van der Waals surface area contributed by atoms with E-state index in [0.717, 1.165) is 0 Å². The van der Waals surface area contributed by atoms with Crippen LogP contribution in [0.2, 0.25) is 5.02 Å². The van der Waals surface area contributed by atoms with Gasteiger partial charge in [-0.25, -0.2) is 9.59 Å². The van der Waals surface area contributed by atoms with Gasteiger partial charge in [-0.1, -0.05) is 11.6 Å². The van der Waals surface area contributed by atoms with Crippen molar-refractivity contribution in [2.45, 2.75) is 0 Å². The lowest BCUT2D eigenvalue weighted by atomic mass is 10.1. The molecular formula is C10H9ClO4. The highest BCUT2D eigenvalue weighted by molar-refractivity contribution is 6.33. The predicted molar refractivity (Wildman–Crippen MR) is 54.1 cm³/mol. The van der Waals surface area contributed by atoms with Gasteiger partial charge in [-0.2, -0.15) is 0 Å². The summed E-state index contributed by atoms with van der Waals surface area (Å²) in [6.45, 7) is 0. The first kappa shape index (κ1) is 11.5. The van der Waals surface area contributed by atoms with Crippen molar-refractivity contribution in [2.24, 2.45) is 0 Å². The molecule has 4 nitrogen and oxygen atoms in total. The number of hydrogen-bond acceptors (Lipinski definition) is 4. The van der Waals surface area contributed by atoms with E-state index in [1.165, 1.54) is 32.4 Å². The van der Waals surface area contributed by atoms with Crippen molar-refractivity contribution in [1.29, 1.82) is 0 Å². The topological polar surface area (TPSA) is 52.6 Å². The number of carbonyl (C=O) groups is 2. The SMILES string of the molecule is COC(=O)c1ccc(Cl)c(C(=O)OC)c1. The summed E-state index contributed by atoms with van der Waals surface area (Å²) >= 11 is 5.76. The number of benzene rings is 1. The first-order chi connectivity index (χ1) is 7.10. The van der Waals surface area contributed by atoms with Gasteiger partial charge in [0.2, 0.25) is 0 Å². The molecule has 0 amide bonds. The Morgan fingerprint density at radius 3 is 2.27 bits per heavy atom. The fraction of sp³-hybridized carbons (Fsp3) is 0.200. The molecule has 0 atom stereocenters. The maximum Gasteiger partial charge on any atom is 0.339 e. The van der Waals surface area contributed by atoms with Gasteiger partial charge in [0.25, 0.3) is 0 Å². The van der Waals surface area contributed by atoms with Gasteiger partial charge >= 0.3 is 11.9 Å². The lowest BCUT2D eigenvalue weighted by Crippen LogP contribution is -2.06. The molecular weight excluding hydrogens is 220 g/mol. The predicted octanol–water partition coefficient (Wildman–Crippen LogP) is 1.91. The van der Waals surface area contributed by atoms with Crippen molar-refractivity contribution in [2.75, 3.05) is 14.2 Å². The first-order valence-electron chi connectivity index (χ1n) is 4.06. The van der Waals surface area contributed by atoms with Crippen LogP contribution in [0, 0.1) is 0 Å². The highest BCUT2D eigenvalue weighted by atomic mass is 35.5. The summed E-state index contributed by atoms with van der Waals surface area (Å²) in [6, 6.07) is 4.25. The van der Waals surface area contributed by atoms with Crippen LogP contribution >= 0.6 is 11.6 Å². The number of hydrogen-bond donors (Lipinski definition) is 0. The van der Waals surface area contributed by atoms with E-state index >= 15 is 0 Å². The molecule has 0 aliphatic heterocycles. The van der Waals surface area contributed by atoms with Crippen molar-refractivity contribution < 1.29 is 19.1 Å². The zero-order valence-electron chi connectivity index (χ0n) is 8.24. The summed E-state index contributed by atoms with van der Waals surface area (Å²) in [7, 11) is 2.50. The summed E-state index contributed by atoms with van der Waals surface area (Å²) < 4.78 is 9.02. The molecule has 1 aromatic rings. The Morgan fingerprint density at radius 2 is 1.73 bits per heavy atom. The van der Waals surface area contributed by atoms with E-state index in [0.29, 0.717) is 0 Å². The van der Waals surface area contributed by atoms with Gasteiger partial charge in [0.05, 0.1) is 30.4 Å². The molecule has 1 aromatic carbocycles. The lowest BCUT2D eigenvalue weighted by molar-refractivity contribution is 0.0599. The van der Waals surface area contributed by atoms with E-state index in [9.17, 15) is 9.59 Å². The van der Waals surface area contributed by atoms with Crippen LogP contribution in [0.3, 0.4) is 0 Å². The highest BCUT2D eigenvalue weighted by Crippen LogP contribution is 2.18. The van der Waals surface area contributed by atoms with Crippen LogP contribution in [-0.4, -0.2) is 26.2 Å². The van der Waals surface area contributed by atoms with Crippen LogP contribution in [0.15, 0.2) is 18.2 Å². The molecule has 0 saturated carbocycles. The van der Waals surface area contributed by atoms with Gasteiger partial charge in [-0.3, -0.25) is 0 Å². The number of rotatable bonds is 2. The maximum atomic E-state index is 11.2. The van der Waals surface area contributed by atoms with Gasteiger partial charge in [-0.15, -0.1) is 0 Å². The molecule has 15 heavy (non-hydrogen) atoms. The lowest BCUT2D eigenvalue weighted by Gasteiger charge is -2.04. The zero-order valence-corrected chi connectivity index (χ0v) is 9.00. The van der Waals surface area contributed by atoms with Crippen LogP contribution in [-0.2, 0) is 9.47 Å².